The van der Waals surface area contributed by atoms with Gasteiger partial charge in [-0.05, 0) is 55.1 Å². The molecular formula is C28H32F4N4O4. The van der Waals surface area contributed by atoms with Crippen LogP contribution in [0.4, 0.5) is 22.4 Å². The average Bonchev–Trinajstić information content (AvgIpc) is 2.91. The highest BCUT2D eigenvalue weighted by atomic mass is 19.4. The number of carbonyl (C=O) groups excluding carboxylic acids is 3. The minimum absolute atomic E-state index is 0.00644. The number of nitrogens with two attached hydrogens (primary N) is 1. The number of rotatable bonds is 9. The van der Waals surface area contributed by atoms with Crippen molar-refractivity contribution in [3.05, 3.63) is 71.0 Å². The van der Waals surface area contributed by atoms with E-state index in [-0.39, 0.29) is 56.5 Å². The topological polar surface area (TPSA) is 96.2 Å². The molecule has 2 aromatic rings. The Morgan fingerprint density at radius 3 is 2.48 bits per heavy atom. The SMILES string of the molecule is NCCCCC1C(=O)N(Cc2ccc(F)cc2)CC2N(C(=O)OCCc3ccccc3C(F)(F)F)CCC(=O)N12. The maximum Gasteiger partial charge on any atom is 0.416 e. The van der Waals surface area contributed by atoms with Crippen LogP contribution < -0.4 is 5.73 Å². The van der Waals surface area contributed by atoms with Gasteiger partial charge in [0.05, 0.1) is 18.7 Å². The molecule has 2 saturated heterocycles. The van der Waals surface area contributed by atoms with Gasteiger partial charge in [-0.2, -0.15) is 13.2 Å². The molecule has 40 heavy (non-hydrogen) atoms. The molecule has 0 saturated carbocycles. The average molecular weight is 565 g/mol. The molecule has 2 N–H and O–H groups in total. The van der Waals surface area contributed by atoms with Crippen LogP contribution in [0.3, 0.4) is 0 Å². The van der Waals surface area contributed by atoms with Crippen LogP contribution in [0.1, 0.15) is 42.4 Å². The molecule has 4 rings (SSSR count). The molecule has 0 aromatic heterocycles. The molecule has 216 valence electrons. The van der Waals surface area contributed by atoms with E-state index in [2.05, 4.69) is 0 Å². The summed E-state index contributed by atoms with van der Waals surface area (Å²) in [5, 5.41) is 0. The monoisotopic (exact) mass is 564 g/mol. The predicted molar refractivity (Wildman–Crippen MR) is 137 cm³/mol. The summed E-state index contributed by atoms with van der Waals surface area (Å²) in [6.45, 7) is 0.351. The van der Waals surface area contributed by atoms with Gasteiger partial charge in [0, 0.05) is 25.9 Å². The second-order valence-corrected chi connectivity index (χ2v) is 9.89. The van der Waals surface area contributed by atoms with E-state index in [1.807, 2.05) is 0 Å². The largest absolute Gasteiger partial charge is 0.449 e. The van der Waals surface area contributed by atoms with Crippen LogP contribution in [-0.4, -0.2) is 71.1 Å². The van der Waals surface area contributed by atoms with Crippen LogP contribution in [0.5, 0.6) is 0 Å². The second-order valence-electron chi connectivity index (χ2n) is 9.89. The summed E-state index contributed by atoms with van der Waals surface area (Å²) in [5.74, 6) is -0.949. The Morgan fingerprint density at radius 2 is 1.77 bits per heavy atom. The third kappa shape index (κ3) is 6.72. The smallest absolute Gasteiger partial charge is 0.416 e. The fourth-order valence-corrected chi connectivity index (χ4v) is 5.25. The number of fused-ring (bicyclic) bond motifs is 1. The van der Waals surface area contributed by atoms with Crippen molar-refractivity contribution in [1.82, 2.24) is 14.7 Å². The van der Waals surface area contributed by atoms with Crippen molar-refractivity contribution in [2.45, 2.75) is 57.0 Å². The van der Waals surface area contributed by atoms with E-state index >= 15 is 0 Å². The Kier molecular flexibility index (Phi) is 9.28. The van der Waals surface area contributed by atoms with Gasteiger partial charge in [-0.25, -0.2) is 9.18 Å². The number of carbonyl (C=O) groups is 3. The Hall–Kier alpha value is -3.67. The van der Waals surface area contributed by atoms with Crippen molar-refractivity contribution in [1.29, 1.82) is 0 Å². The highest BCUT2D eigenvalue weighted by Gasteiger charge is 2.48. The zero-order valence-corrected chi connectivity index (χ0v) is 21.9. The number of alkyl halides is 3. The van der Waals surface area contributed by atoms with Crippen LogP contribution in [-0.2, 0) is 33.5 Å². The second kappa shape index (κ2) is 12.7. The Labute approximate surface area is 229 Å². The Bertz CT molecular complexity index is 1210. The number of nitrogens with zero attached hydrogens (tertiary/aromatic N) is 3. The fourth-order valence-electron chi connectivity index (χ4n) is 5.25. The lowest BCUT2D eigenvalue weighted by Crippen LogP contribution is -2.71. The molecule has 2 atom stereocenters. The van der Waals surface area contributed by atoms with Crippen LogP contribution in [0.15, 0.2) is 48.5 Å². The number of halogens is 4. The molecular weight excluding hydrogens is 532 g/mol. The minimum Gasteiger partial charge on any atom is -0.449 e. The minimum atomic E-state index is -4.53. The first-order chi connectivity index (χ1) is 19.1. The molecule has 0 bridgehead atoms. The first-order valence-corrected chi connectivity index (χ1v) is 13.2. The molecule has 2 aliphatic heterocycles. The quantitative estimate of drug-likeness (QED) is 0.368. The molecule has 2 aromatic carbocycles. The maximum atomic E-state index is 13.5. The summed E-state index contributed by atoms with van der Waals surface area (Å²) >= 11 is 0. The van der Waals surface area contributed by atoms with E-state index in [0.717, 1.165) is 6.07 Å². The van der Waals surface area contributed by atoms with Gasteiger partial charge in [-0.15, -0.1) is 0 Å². The van der Waals surface area contributed by atoms with Crippen molar-refractivity contribution >= 4 is 17.9 Å². The normalized spacial score (nSPS) is 19.6. The first kappa shape index (κ1) is 29.3. The number of piperazine rings is 1. The molecule has 2 unspecified atom stereocenters. The number of hydrogen-bond acceptors (Lipinski definition) is 5. The van der Waals surface area contributed by atoms with Crippen molar-refractivity contribution < 1.29 is 36.7 Å². The zero-order valence-electron chi connectivity index (χ0n) is 21.9. The van der Waals surface area contributed by atoms with Gasteiger partial charge < -0.3 is 20.3 Å². The summed E-state index contributed by atoms with van der Waals surface area (Å²) in [4.78, 5) is 44.0. The standard InChI is InChI=1S/C28H32F4N4O4/c29-21-10-8-19(9-11-21)17-34-18-24-35(15-12-25(37)36(24)23(26(34)38)7-3-4-14-33)27(39)40-16-13-20-5-1-2-6-22(20)28(30,31)32/h1-2,5-6,8-11,23-24H,3-4,7,12-18,33H2. The fraction of sp³-hybridized carbons (Fsp3) is 0.464. The van der Waals surface area contributed by atoms with Gasteiger partial charge in [-0.3, -0.25) is 14.5 Å². The number of hydrogen-bond donors (Lipinski definition) is 1. The molecule has 0 aliphatic carbocycles. The predicted octanol–water partition coefficient (Wildman–Crippen LogP) is 3.92. The third-order valence-corrected chi connectivity index (χ3v) is 7.22. The van der Waals surface area contributed by atoms with E-state index in [1.165, 1.54) is 40.1 Å². The molecule has 0 radical (unpaired) electrons. The van der Waals surface area contributed by atoms with Crippen molar-refractivity contribution in [3.63, 3.8) is 0 Å². The van der Waals surface area contributed by atoms with E-state index in [0.29, 0.717) is 31.4 Å². The summed E-state index contributed by atoms with van der Waals surface area (Å²) in [6, 6.07) is 10.00. The van der Waals surface area contributed by atoms with Gasteiger partial charge >= 0.3 is 12.3 Å². The molecule has 2 fully saturated rings. The van der Waals surface area contributed by atoms with Crippen LogP contribution in [0.2, 0.25) is 0 Å². The van der Waals surface area contributed by atoms with Gasteiger partial charge in [-0.1, -0.05) is 30.3 Å². The van der Waals surface area contributed by atoms with Crippen LogP contribution in [0, 0.1) is 5.82 Å². The molecule has 0 spiro atoms. The summed E-state index contributed by atoms with van der Waals surface area (Å²) in [7, 11) is 0. The van der Waals surface area contributed by atoms with Crippen molar-refractivity contribution in [2.24, 2.45) is 5.73 Å². The van der Waals surface area contributed by atoms with E-state index in [1.54, 1.807) is 17.0 Å². The highest BCUT2D eigenvalue weighted by molar-refractivity contribution is 5.90. The number of amides is 3. The lowest BCUT2D eigenvalue weighted by molar-refractivity contribution is -0.169. The Morgan fingerprint density at radius 1 is 1.05 bits per heavy atom. The lowest BCUT2D eigenvalue weighted by Gasteiger charge is -2.52. The summed E-state index contributed by atoms with van der Waals surface area (Å²) < 4.78 is 58.8. The van der Waals surface area contributed by atoms with Crippen molar-refractivity contribution in [3.8, 4) is 0 Å². The molecule has 3 amide bonds. The summed E-state index contributed by atoms with van der Waals surface area (Å²) in [6.07, 6.45) is -4.66. The van der Waals surface area contributed by atoms with E-state index in [4.69, 9.17) is 10.5 Å². The number of benzene rings is 2. The molecule has 2 heterocycles. The van der Waals surface area contributed by atoms with Crippen molar-refractivity contribution in [2.75, 3.05) is 26.2 Å². The van der Waals surface area contributed by atoms with Gasteiger partial charge in [0.2, 0.25) is 11.8 Å². The van der Waals surface area contributed by atoms with E-state index < -0.39 is 35.9 Å². The van der Waals surface area contributed by atoms with Crippen LogP contribution in [0.25, 0.3) is 0 Å². The molecule has 8 nitrogen and oxygen atoms in total. The van der Waals surface area contributed by atoms with Gasteiger partial charge in [0.15, 0.2) is 0 Å². The summed E-state index contributed by atoms with van der Waals surface area (Å²) in [5.41, 5.74) is 5.53. The molecule has 2 aliphatic rings. The van der Waals surface area contributed by atoms with Gasteiger partial charge in [0.25, 0.3) is 0 Å². The molecule has 12 heteroatoms. The highest BCUT2D eigenvalue weighted by Crippen LogP contribution is 2.32. The van der Waals surface area contributed by atoms with Gasteiger partial charge in [0.1, 0.15) is 18.0 Å². The lowest BCUT2D eigenvalue weighted by atomic mass is 9.98. The number of unbranched alkanes of at least 4 members (excludes halogenated alkanes) is 1. The van der Waals surface area contributed by atoms with E-state index in [9.17, 15) is 31.9 Å². The maximum absolute atomic E-state index is 13.5. The zero-order chi connectivity index (χ0) is 28.9. The van der Waals surface area contributed by atoms with Crippen LogP contribution >= 0.6 is 0 Å². The first-order valence-electron chi connectivity index (χ1n) is 13.2. The Balaban J connectivity index is 1.51. The third-order valence-electron chi connectivity index (χ3n) is 7.22. The number of ether oxygens (including phenoxy) is 1.